The fourth-order valence-electron chi connectivity index (χ4n) is 3.80. The van der Waals surface area contributed by atoms with E-state index in [0.717, 1.165) is 53.0 Å². The van der Waals surface area contributed by atoms with E-state index in [1.165, 1.54) is 12.1 Å². The number of nitrogens with two attached hydrogens (primary N) is 1. The first-order chi connectivity index (χ1) is 15.4. The van der Waals surface area contributed by atoms with Crippen molar-refractivity contribution in [3.8, 4) is 22.5 Å². The van der Waals surface area contributed by atoms with Crippen LogP contribution in [-0.2, 0) is 23.1 Å². The van der Waals surface area contributed by atoms with Gasteiger partial charge in [0.05, 0.1) is 22.7 Å². The quantitative estimate of drug-likeness (QED) is 0.399. The van der Waals surface area contributed by atoms with E-state index >= 15 is 0 Å². The Morgan fingerprint density at radius 3 is 2.59 bits per heavy atom. The van der Waals surface area contributed by atoms with Gasteiger partial charge in [-0.15, -0.1) is 0 Å². The van der Waals surface area contributed by atoms with Crippen molar-refractivity contribution in [1.29, 1.82) is 0 Å². The van der Waals surface area contributed by atoms with E-state index in [2.05, 4.69) is 9.97 Å². The molecule has 0 spiro atoms. The standard InChI is InChI=1S/C20H16N4O3S.C2H7NO/c25-28(26,27)13-6-7-14-15(8-10-22-17(14)12-13)19-18-5-3-11-24(18)23-20(19)16-4-1-2-9-21-16;3-1-2-4/h1-2,4,6-10,12H,3,5,11H2,(H,25,26,27);4H,1-3H2. The molecule has 0 amide bonds. The molecule has 0 radical (unpaired) electrons. The Kier molecular flexibility index (Phi) is 6.28. The van der Waals surface area contributed by atoms with Crippen LogP contribution in [-0.4, -0.2) is 51.0 Å². The lowest BCUT2D eigenvalue weighted by Gasteiger charge is -2.09. The monoisotopic (exact) mass is 453 g/mol. The molecule has 0 saturated heterocycles. The van der Waals surface area contributed by atoms with Crippen molar-refractivity contribution in [2.24, 2.45) is 5.73 Å². The molecule has 0 fully saturated rings. The number of aliphatic hydroxyl groups is 1. The molecule has 4 N–H and O–H groups in total. The van der Waals surface area contributed by atoms with Crippen LogP contribution in [0.25, 0.3) is 33.4 Å². The molecular formula is C22H23N5O4S. The third-order valence-corrected chi connectivity index (χ3v) is 6.01. The second kappa shape index (κ2) is 9.13. The van der Waals surface area contributed by atoms with Crippen LogP contribution in [0.1, 0.15) is 12.1 Å². The molecule has 0 atom stereocenters. The smallest absolute Gasteiger partial charge is 0.294 e. The summed E-state index contributed by atoms with van der Waals surface area (Å²) in [5, 5.41) is 13.3. The van der Waals surface area contributed by atoms with Crippen molar-refractivity contribution in [1.82, 2.24) is 19.7 Å². The number of aliphatic hydroxyl groups excluding tert-OH is 1. The van der Waals surface area contributed by atoms with Crippen LogP contribution in [0, 0.1) is 0 Å². The van der Waals surface area contributed by atoms with E-state index in [4.69, 9.17) is 15.9 Å². The molecule has 4 heterocycles. The van der Waals surface area contributed by atoms with Gasteiger partial charge in [0.15, 0.2) is 0 Å². The lowest BCUT2D eigenvalue weighted by molar-refractivity contribution is 0.306. The van der Waals surface area contributed by atoms with Crippen LogP contribution >= 0.6 is 0 Å². The average molecular weight is 454 g/mol. The highest BCUT2D eigenvalue weighted by atomic mass is 32.2. The molecule has 0 bridgehead atoms. The number of aromatic nitrogens is 4. The molecule has 9 nitrogen and oxygen atoms in total. The minimum absolute atomic E-state index is 0.0972. The lowest BCUT2D eigenvalue weighted by atomic mass is 9.97. The molecule has 3 aromatic heterocycles. The summed E-state index contributed by atoms with van der Waals surface area (Å²) < 4.78 is 34.3. The Bertz CT molecular complexity index is 1350. The Morgan fingerprint density at radius 1 is 1.09 bits per heavy atom. The number of rotatable bonds is 4. The van der Waals surface area contributed by atoms with Gasteiger partial charge in [-0.3, -0.25) is 19.2 Å². The lowest BCUT2D eigenvalue weighted by Crippen LogP contribution is -2.02. The van der Waals surface area contributed by atoms with Gasteiger partial charge in [-0.1, -0.05) is 12.1 Å². The zero-order valence-electron chi connectivity index (χ0n) is 17.2. The molecule has 0 saturated carbocycles. The molecule has 5 rings (SSSR count). The van der Waals surface area contributed by atoms with Crippen molar-refractivity contribution in [3.63, 3.8) is 0 Å². The fraction of sp³-hybridized carbons (Fsp3) is 0.227. The van der Waals surface area contributed by atoms with Crippen molar-refractivity contribution >= 4 is 21.0 Å². The summed E-state index contributed by atoms with van der Waals surface area (Å²) in [6, 6.07) is 12.1. The predicted molar refractivity (Wildman–Crippen MR) is 120 cm³/mol. The van der Waals surface area contributed by atoms with Gasteiger partial charge in [0.25, 0.3) is 10.1 Å². The Labute approximate surface area is 185 Å². The fourth-order valence-corrected chi connectivity index (χ4v) is 4.30. The topological polar surface area (TPSA) is 144 Å². The third kappa shape index (κ3) is 4.26. The Hall–Kier alpha value is -3.18. The van der Waals surface area contributed by atoms with Crippen LogP contribution in [0.2, 0.25) is 0 Å². The largest absolute Gasteiger partial charge is 0.395 e. The molecule has 32 heavy (non-hydrogen) atoms. The molecule has 4 aromatic rings. The van der Waals surface area contributed by atoms with E-state index in [-0.39, 0.29) is 11.5 Å². The van der Waals surface area contributed by atoms with Crippen molar-refractivity contribution in [3.05, 3.63) is 60.6 Å². The van der Waals surface area contributed by atoms with Crippen molar-refractivity contribution in [2.45, 2.75) is 24.3 Å². The van der Waals surface area contributed by atoms with Gasteiger partial charge >= 0.3 is 0 Å². The number of fused-ring (bicyclic) bond motifs is 2. The summed E-state index contributed by atoms with van der Waals surface area (Å²) in [6.45, 7) is 1.34. The van der Waals surface area contributed by atoms with Crippen molar-refractivity contribution in [2.75, 3.05) is 13.2 Å². The maximum atomic E-state index is 11.5. The number of hydrogen-bond donors (Lipinski definition) is 3. The van der Waals surface area contributed by atoms with Gasteiger partial charge in [0.2, 0.25) is 0 Å². The molecule has 1 aliphatic rings. The van der Waals surface area contributed by atoms with Crippen LogP contribution in [0.5, 0.6) is 0 Å². The van der Waals surface area contributed by atoms with E-state index in [1.54, 1.807) is 18.5 Å². The molecule has 1 aromatic carbocycles. The number of pyridine rings is 2. The van der Waals surface area contributed by atoms with E-state index in [9.17, 15) is 13.0 Å². The number of hydrogen-bond acceptors (Lipinski definition) is 7. The summed E-state index contributed by atoms with van der Waals surface area (Å²) in [5.74, 6) is 0. The Balaban J connectivity index is 0.000000567. The summed E-state index contributed by atoms with van der Waals surface area (Å²) in [5.41, 5.74) is 9.95. The summed E-state index contributed by atoms with van der Waals surface area (Å²) in [6.07, 6.45) is 5.34. The molecule has 166 valence electrons. The van der Waals surface area contributed by atoms with E-state index < -0.39 is 10.1 Å². The zero-order valence-corrected chi connectivity index (χ0v) is 18.0. The molecule has 10 heteroatoms. The SMILES string of the molecule is NCCO.O=S(=O)(O)c1ccc2c(-c3c(-c4ccccn4)nn4c3CCC4)ccnc2c1. The predicted octanol–water partition coefficient (Wildman–Crippen LogP) is 2.29. The molecule has 0 aliphatic carbocycles. The van der Waals surface area contributed by atoms with Crippen molar-refractivity contribution < 1.29 is 18.1 Å². The van der Waals surface area contributed by atoms with Gasteiger partial charge in [-0.25, -0.2) is 0 Å². The van der Waals surface area contributed by atoms with Crippen LogP contribution < -0.4 is 5.73 Å². The molecule has 0 unspecified atom stereocenters. The van der Waals surface area contributed by atoms with Gasteiger partial charge in [-0.2, -0.15) is 13.5 Å². The third-order valence-electron chi connectivity index (χ3n) is 5.16. The maximum Gasteiger partial charge on any atom is 0.294 e. The Morgan fingerprint density at radius 2 is 1.91 bits per heavy atom. The summed E-state index contributed by atoms with van der Waals surface area (Å²) in [4.78, 5) is 8.60. The molecule has 1 aliphatic heterocycles. The van der Waals surface area contributed by atoms with Crippen LogP contribution in [0.3, 0.4) is 0 Å². The highest BCUT2D eigenvalue weighted by Crippen LogP contribution is 2.39. The maximum absolute atomic E-state index is 11.5. The van der Waals surface area contributed by atoms with Gasteiger partial charge in [0.1, 0.15) is 5.69 Å². The first-order valence-corrected chi connectivity index (χ1v) is 11.6. The van der Waals surface area contributed by atoms with Gasteiger partial charge in [0, 0.05) is 42.1 Å². The van der Waals surface area contributed by atoms with Crippen LogP contribution in [0.15, 0.2) is 59.8 Å². The first-order valence-electron chi connectivity index (χ1n) is 10.1. The van der Waals surface area contributed by atoms with Crippen LogP contribution in [0.4, 0.5) is 0 Å². The number of aryl methyl sites for hydroxylation is 1. The second-order valence-electron chi connectivity index (χ2n) is 7.24. The molecular weight excluding hydrogens is 430 g/mol. The minimum atomic E-state index is -4.29. The van der Waals surface area contributed by atoms with E-state index in [1.807, 2.05) is 28.9 Å². The second-order valence-corrected chi connectivity index (χ2v) is 8.66. The van der Waals surface area contributed by atoms with Gasteiger partial charge in [-0.05, 0) is 48.7 Å². The minimum Gasteiger partial charge on any atom is -0.395 e. The summed E-state index contributed by atoms with van der Waals surface area (Å²) in [7, 11) is -4.29. The van der Waals surface area contributed by atoms with E-state index in [0.29, 0.717) is 12.1 Å². The highest BCUT2D eigenvalue weighted by Gasteiger charge is 2.25. The number of benzene rings is 1. The van der Waals surface area contributed by atoms with Gasteiger partial charge < -0.3 is 10.8 Å². The highest BCUT2D eigenvalue weighted by molar-refractivity contribution is 7.85. The first kappa shape index (κ1) is 22.0. The summed E-state index contributed by atoms with van der Waals surface area (Å²) >= 11 is 0. The zero-order chi connectivity index (χ0) is 22.7. The number of nitrogens with zero attached hydrogens (tertiary/aromatic N) is 4. The average Bonchev–Trinajstić information content (AvgIpc) is 3.40. The normalized spacial score (nSPS) is 13.0.